The largest absolute Gasteiger partial charge is 0.307 e. The van der Waals surface area contributed by atoms with Crippen LogP contribution in [0.5, 0.6) is 0 Å². The molecule has 0 aliphatic carbocycles. The van der Waals surface area contributed by atoms with Crippen molar-refractivity contribution in [1.29, 1.82) is 10.5 Å². The predicted molar refractivity (Wildman–Crippen MR) is 262 cm³/mol. The lowest BCUT2D eigenvalue weighted by atomic mass is 10.0. The van der Waals surface area contributed by atoms with Gasteiger partial charge in [0.1, 0.15) is 12.1 Å². The second-order valence-electron chi connectivity index (χ2n) is 15.9. The van der Waals surface area contributed by atoms with Gasteiger partial charge >= 0.3 is 0 Å². The van der Waals surface area contributed by atoms with Gasteiger partial charge < -0.3 is 4.57 Å². The predicted octanol–water partition coefficient (Wildman–Crippen LogP) is 14.4. The highest BCUT2D eigenvalue weighted by Gasteiger charge is 2.23. The van der Waals surface area contributed by atoms with Gasteiger partial charge in [0.15, 0.2) is 17.5 Å². The molecule has 0 bridgehead atoms. The molecule has 0 aliphatic rings. The molecule has 6 heteroatoms. The van der Waals surface area contributed by atoms with E-state index >= 15 is 0 Å². The van der Waals surface area contributed by atoms with Gasteiger partial charge in [-0.2, -0.15) is 10.5 Å². The quantitative estimate of drug-likeness (QED) is 0.152. The molecule has 2 aromatic heterocycles. The maximum atomic E-state index is 11.1. The number of hydrogen-bond acceptors (Lipinski definition) is 5. The van der Waals surface area contributed by atoms with Crippen molar-refractivity contribution in [1.82, 2.24) is 19.5 Å². The summed E-state index contributed by atoms with van der Waals surface area (Å²) >= 11 is 0. The zero-order chi connectivity index (χ0) is 43.7. The van der Waals surface area contributed by atoms with Crippen LogP contribution in [0, 0.1) is 22.7 Å². The van der Waals surface area contributed by atoms with E-state index in [-0.39, 0.29) is 0 Å². The molecule has 0 N–H and O–H groups in total. The van der Waals surface area contributed by atoms with Gasteiger partial charge in [-0.15, -0.1) is 0 Å². The molecule has 0 unspecified atom stereocenters. The number of nitriles is 2. The van der Waals surface area contributed by atoms with Crippen LogP contribution in [0.15, 0.2) is 218 Å². The van der Waals surface area contributed by atoms with E-state index in [9.17, 15) is 10.5 Å². The minimum absolute atomic E-state index is 0.315. The van der Waals surface area contributed by atoms with Crippen molar-refractivity contribution in [3.8, 4) is 96.5 Å². The number of benzene rings is 9. The van der Waals surface area contributed by atoms with E-state index in [0.29, 0.717) is 39.9 Å². The Morgan fingerprint density at radius 3 is 1.09 bits per heavy atom. The van der Waals surface area contributed by atoms with Gasteiger partial charge in [0.25, 0.3) is 0 Å². The summed E-state index contributed by atoms with van der Waals surface area (Å²) in [6, 6.07) is 78.6. The van der Waals surface area contributed by atoms with Gasteiger partial charge in [0, 0.05) is 27.5 Å². The Hall–Kier alpha value is -9.23. The molecule has 6 nitrogen and oxygen atoms in total. The third-order valence-corrected chi connectivity index (χ3v) is 11.9. The van der Waals surface area contributed by atoms with E-state index in [1.54, 1.807) is 12.1 Å². The van der Waals surface area contributed by atoms with Crippen LogP contribution in [0.1, 0.15) is 11.1 Å². The van der Waals surface area contributed by atoms with Crippen molar-refractivity contribution in [2.75, 3.05) is 0 Å². The zero-order valence-electron chi connectivity index (χ0n) is 35.0. The number of aromatic nitrogens is 4. The first-order valence-corrected chi connectivity index (χ1v) is 21.4. The van der Waals surface area contributed by atoms with Crippen LogP contribution >= 0.6 is 0 Å². The van der Waals surface area contributed by atoms with Gasteiger partial charge in [0.05, 0.1) is 27.8 Å². The molecule has 65 heavy (non-hydrogen) atoms. The zero-order valence-corrected chi connectivity index (χ0v) is 35.0. The number of fused-ring (bicyclic) bond motifs is 3. The number of rotatable bonds is 8. The molecule has 0 fully saturated rings. The highest BCUT2D eigenvalue weighted by Crippen LogP contribution is 2.40. The van der Waals surface area contributed by atoms with Gasteiger partial charge in [0.2, 0.25) is 0 Å². The molecule has 11 rings (SSSR count). The Balaban J connectivity index is 1.12. The number of hydrogen-bond donors (Lipinski definition) is 0. The summed E-state index contributed by atoms with van der Waals surface area (Å²) in [5.74, 6) is 1.29. The first-order chi connectivity index (χ1) is 32.1. The molecule has 9 aromatic carbocycles. The second kappa shape index (κ2) is 16.6. The Morgan fingerprint density at radius 1 is 0.292 bits per heavy atom. The Kier molecular flexibility index (Phi) is 9.86. The lowest BCUT2D eigenvalue weighted by molar-refractivity contribution is 1.07. The summed E-state index contributed by atoms with van der Waals surface area (Å²) < 4.78 is 2.08. The van der Waals surface area contributed by atoms with Crippen LogP contribution in [-0.2, 0) is 0 Å². The van der Waals surface area contributed by atoms with Crippen molar-refractivity contribution in [2.45, 2.75) is 0 Å². The topological polar surface area (TPSA) is 91.2 Å². The van der Waals surface area contributed by atoms with Crippen LogP contribution in [0.25, 0.3) is 106 Å². The maximum Gasteiger partial charge on any atom is 0.164 e. The molecular formula is C59H36N6. The van der Waals surface area contributed by atoms with E-state index in [2.05, 4.69) is 126 Å². The fourth-order valence-corrected chi connectivity index (χ4v) is 8.73. The molecule has 0 saturated carbocycles. The third kappa shape index (κ3) is 7.28. The smallest absolute Gasteiger partial charge is 0.164 e. The fraction of sp³-hybridized carbons (Fsp3) is 0. The maximum absolute atomic E-state index is 11.1. The van der Waals surface area contributed by atoms with Crippen LogP contribution in [0.3, 0.4) is 0 Å². The van der Waals surface area contributed by atoms with Crippen molar-refractivity contribution >= 4 is 21.8 Å². The van der Waals surface area contributed by atoms with Crippen molar-refractivity contribution < 1.29 is 0 Å². The summed E-state index contributed by atoms with van der Waals surface area (Å²) in [4.78, 5) is 15.2. The minimum atomic E-state index is 0.315. The Labute approximate surface area is 376 Å². The minimum Gasteiger partial charge on any atom is -0.307 e. The van der Waals surface area contributed by atoms with E-state index in [0.717, 1.165) is 77.4 Å². The SMILES string of the molecule is N#Cc1cc(-c2nc(-c3ccc(-c4ccccc4)cc3)nc(-c3cccc(-c4ccccc4)c3)n2)cc(C#N)c1-n1c2cc(-c3ccccc3)ccc2c2ccc(-c3ccccc3)cc21. The van der Waals surface area contributed by atoms with Crippen molar-refractivity contribution in [2.24, 2.45) is 0 Å². The summed E-state index contributed by atoms with van der Waals surface area (Å²) in [7, 11) is 0. The molecule has 0 atom stereocenters. The van der Waals surface area contributed by atoms with Gasteiger partial charge in [-0.3, -0.25) is 0 Å². The molecule has 0 spiro atoms. The summed E-state index contributed by atoms with van der Waals surface area (Å²) in [6.45, 7) is 0. The standard InChI is InChI=1S/C59H36N6/c60-37-50-33-49(59-63-57(44-26-24-43(25-27-44)39-14-5-1-6-15-39)62-58(64-59)48-23-13-22-45(32-48)40-16-7-2-8-17-40)34-51(38-61)56(50)65-54-35-46(41-18-9-3-10-19-41)28-30-52(54)53-31-29-47(36-55(53)65)42-20-11-4-12-21-42/h1-36H. The van der Waals surface area contributed by atoms with E-state index in [4.69, 9.17) is 15.0 Å². The molecule has 302 valence electrons. The Bertz CT molecular complexity index is 3510. The van der Waals surface area contributed by atoms with Crippen LogP contribution in [0.2, 0.25) is 0 Å². The average molecular weight is 829 g/mol. The van der Waals surface area contributed by atoms with Crippen LogP contribution in [0.4, 0.5) is 0 Å². The van der Waals surface area contributed by atoms with Crippen LogP contribution < -0.4 is 0 Å². The monoisotopic (exact) mass is 828 g/mol. The molecule has 2 heterocycles. The van der Waals surface area contributed by atoms with Crippen molar-refractivity contribution in [3.63, 3.8) is 0 Å². The first kappa shape index (κ1) is 38.7. The van der Waals surface area contributed by atoms with Crippen LogP contribution in [-0.4, -0.2) is 19.5 Å². The van der Waals surface area contributed by atoms with E-state index in [1.807, 2.05) is 97.1 Å². The molecule has 0 saturated heterocycles. The van der Waals surface area contributed by atoms with Gasteiger partial charge in [-0.05, 0) is 74.8 Å². The van der Waals surface area contributed by atoms with Gasteiger partial charge in [-0.1, -0.05) is 188 Å². The molecule has 0 aliphatic heterocycles. The summed E-state index contributed by atoms with van der Waals surface area (Å²) in [5.41, 5.74) is 13.5. The molecular weight excluding hydrogens is 793 g/mol. The van der Waals surface area contributed by atoms with Crippen molar-refractivity contribution in [3.05, 3.63) is 230 Å². The average Bonchev–Trinajstić information content (AvgIpc) is 3.71. The third-order valence-electron chi connectivity index (χ3n) is 11.9. The number of nitrogens with zero attached hydrogens (tertiary/aromatic N) is 6. The fourth-order valence-electron chi connectivity index (χ4n) is 8.73. The van der Waals surface area contributed by atoms with E-state index < -0.39 is 0 Å². The first-order valence-electron chi connectivity index (χ1n) is 21.4. The summed E-state index contributed by atoms with van der Waals surface area (Å²) in [6.07, 6.45) is 0. The second-order valence-corrected chi connectivity index (χ2v) is 15.9. The molecule has 0 radical (unpaired) electrons. The summed E-state index contributed by atoms with van der Waals surface area (Å²) in [5, 5.41) is 24.3. The normalized spacial score (nSPS) is 11.0. The highest BCUT2D eigenvalue weighted by atomic mass is 15.0. The van der Waals surface area contributed by atoms with E-state index in [1.165, 1.54) is 0 Å². The lowest BCUT2D eigenvalue weighted by Crippen LogP contribution is -2.04. The molecule has 11 aromatic rings. The Morgan fingerprint density at radius 2 is 0.631 bits per heavy atom. The highest BCUT2D eigenvalue weighted by molar-refractivity contribution is 6.11. The van der Waals surface area contributed by atoms with Gasteiger partial charge in [-0.25, -0.2) is 15.0 Å². The lowest BCUT2D eigenvalue weighted by Gasteiger charge is -2.15. The molecule has 0 amide bonds.